The maximum Gasteiger partial charge on any atom is 0.00923 e. The van der Waals surface area contributed by atoms with Crippen LogP contribution in [0.15, 0.2) is 0 Å². The quantitative estimate of drug-likeness (QED) is 0.845. The topological polar surface area (TPSA) is 29.3 Å². The fourth-order valence-corrected chi connectivity index (χ4v) is 4.32. The molecule has 3 unspecified atom stereocenters. The molecule has 2 heteroatoms. The smallest absolute Gasteiger partial charge is 0.00923 e. The summed E-state index contributed by atoms with van der Waals surface area (Å²) in [6, 6.07) is 1.26. The van der Waals surface area contributed by atoms with E-state index in [1.165, 1.54) is 57.9 Å². The van der Waals surface area contributed by atoms with Crippen molar-refractivity contribution < 1.29 is 0 Å². The number of rotatable bonds is 3. The Morgan fingerprint density at radius 1 is 1.00 bits per heavy atom. The molecule has 0 saturated heterocycles. The second kappa shape index (κ2) is 6.79. The molecule has 0 radical (unpaired) electrons. The summed E-state index contributed by atoms with van der Waals surface area (Å²) in [6.07, 6.45) is 11.0. The van der Waals surface area contributed by atoms with Gasteiger partial charge in [-0.1, -0.05) is 40.0 Å². The molecule has 0 amide bonds. The zero-order valence-corrected chi connectivity index (χ0v) is 14.2. The van der Waals surface area contributed by atoms with Gasteiger partial charge in [0.2, 0.25) is 0 Å². The predicted octanol–water partition coefficient (Wildman–Crippen LogP) is 4.04. The highest BCUT2D eigenvalue weighted by Crippen LogP contribution is 2.40. The lowest BCUT2D eigenvalue weighted by Crippen LogP contribution is -2.46. The van der Waals surface area contributed by atoms with Crippen LogP contribution in [0.4, 0.5) is 0 Å². The molecule has 2 N–H and O–H groups in total. The summed E-state index contributed by atoms with van der Waals surface area (Å²) >= 11 is 0. The van der Waals surface area contributed by atoms with E-state index >= 15 is 0 Å². The van der Waals surface area contributed by atoms with Gasteiger partial charge in [-0.15, -0.1) is 0 Å². The van der Waals surface area contributed by atoms with Gasteiger partial charge in [-0.05, 0) is 56.4 Å². The Kier molecular flexibility index (Phi) is 5.53. The van der Waals surface area contributed by atoms with Gasteiger partial charge < -0.3 is 10.6 Å². The van der Waals surface area contributed by atoms with E-state index in [2.05, 4.69) is 32.7 Å². The standard InChI is InChI=1S/C18H36N2/c1-18(2,3)15-10-11-17(19)14(12-15)13-20(4)16-8-6-5-7-9-16/h14-17H,5-13,19H2,1-4H3. The van der Waals surface area contributed by atoms with Gasteiger partial charge in [0.25, 0.3) is 0 Å². The minimum atomic E-state index is 0.430. The van der Waals surface area contributed by atoms with Gasteiger partial charge in [0, 0.05) is 18.6 Å². The fraction of sp³-hybridized carbons (Fsp3) is 1.00. The van der Waals surface area contributed by atoms with Gasteiger partial charge in [-0.3, -0.25) is 0 Å². The van der Waals surface area contributed by atoms with Crippen LogP contribution in [0.2, 0.25) is 0 Å². The molecule has 0 aromatic carbocycles. The van der Waals surface area contributed by atoms with E-state index in [9.17, 15) is 0 Å². The Labute approximate surface area is 126 Å². The van der Waals surface area contributed by atoms with E-state index in [0.29, 0.717) is 17.4 Å². The first-order valence-corrected chi connectivity index (χ1v) is 8.83. The first kappa shape index (κ1) is 16.3. The number of nitrogens with zero attached hydrogens (tertiary/aromatic N) is 1. The van der Waals surface area contributed by atoms with Crippen LogP contribution in [0.1, 0.15) is 72.1 Å². The van der Waals surface area contributed by atoms with Crippen molar-refractivity contribution in [2.75, 3.05) is 13.6 Å². The average Bonchev–Trinajstić information content (AvgIpc) is 2.41. The maximum absolute atomic E-state index is 6.44. The van der Waals surface area contributed by atoms with Crippen molar-refractivity contribution in [2.45, 2.75) is 84.2 Å². The molecule has 2 aliphatic carbocycles. The van der Waals surface area contributed by atoms with Crippen molar-refractivity contribution in [3.05, 3.63) is 0 Å². The van der Waals surface area contributed by atoms with Gasteiger partial charge in [-0.2, -0.15) is 0 Å². The molecule has 0 bridgehead atoms. The van der Waals surface area contributed by atoms with E-state index in [1.54, 1.807) is 0 Å². The predicted molar refractivity (Wildman–Crippen MR) is 87.8 cm³/mol. The molecule has 0 spiro atoms. The van der Waals surface area contributed by atoms with Gasteiger partial charge in [0.15, 0.2) is 0 Å². The number of hydrogen-bond donors (Lipinski definition) is 1. The van der Waals surface area contributed by atoms with Crippen LogP contribution in [-0.2, 0) is 0 Å². The highest BCUT2D eigenvalue weighted by Gasteiger charge is 2.35. The lowest BCUT2D eigenvalue weighted by Gasteiger charge is -2.43. The first-order chi connectivity index (χ1) is 9.38. The summed E-state index contributed by atoms with van der Waals surface area (Å²) in [7, 11) is 2.34. The molecular formula is C18H36N2. The summed E-state index contributed by atoms with van der Waals surface area (Å²) < 4.78 is 0. The van der Waals surface area contributed by atoms with E-state index in [1.807, 2.05) is 0 Å². The lowest BCUT2D eigenvalue weighted by atomic mass is 9.67. The minimum Gasteiger partial charge on any atom is -0.327 e. The van der Waals surface area contributed by atoms with Gasteiger partial charge in [0.1, 0.15) is 0 Å². The SMILES string of the molecule is CN(CC1CC(C(C)(C)C)CCC1N)C1CCCCC1. The minimum absolute atomic E-state index is 0.430. The Morgan fingerprint density at radius 2 is 1.65 bits per heavy atom. The van der Waals surface area contributed by atoms with Crippen molar-refractivity contribution in [1.29, 1.82) is 0 Å². The van der Waals surface area contributed by atoms with E-state index < -0.39 is 0 Å². The third-order valence-corrected chi connectivity index (χ3v) is 5.99. The van der Waals surface area contributed by atoms with Crippen molar-refractivity contribution in [3.63, 3.8) is 0 Å². The van der Waals surface area contributed by atoms with Gasteiger partial charge in [0.05, 0.1) is 0 Å². The lowest BCUT2D eigenvalue weighted by molar-refractivity contribution is 0.0864. The molecule has 2 saturated carbocycles. The molecule has 3 atom stereocenters. The molecular weight excluding hydrogens is 244 g/mol. The third kappa shape index (κ3) is 4.21. The molecule has 0 aromatic heterocycles. The zero-order chi connectivity index (χ0) is 14.8. The third-order valence-electron chi connectivity index (χ3n) is 5.99. The maximum atomic E-state index is 6.44. The molecule has 2 aliphatic rings. The van der Waals surface area contributed by atoms with Crippen LogP contribution in [0, 0.1) is 17.3 Å². The monoisotopic (exact) mass is 280 g/mol. The summed E-state index contributed by atoms with van der Waals surface area (Å²) in [5.41, 5.74) is 6.88. The Bertz CT molecular complexity index is 288. The Hall–Kier alpha value is -0.0800. The van der Waals surface area contributed by atoms with Crippen LogP contribution < -0.4 is 5.73 Å². The second-order valence-corrected chi connectivity index (χ2v) is 8.53. The fourth-order valence-electron chi connectivity index (χ4n) is 4.32. The second-order valence-electron chi connectivity index (χ2n) is 8.53. The molecule has 0 aliphatic heterocycles. The molecule has 2 rings (SSSR count). The molecule has 20 heavy (non-hydrogen) atoms. The van der Waals surface area contributed by atoms with Crippen LogP contribution in [0.25, 0.3) is 0 Å². The van der Waals surface area contributed by atoms with E-state index in [4.69, 9.17) is 5.73 Å². The Morgan fingerprint density at radius 3 is 2.25 bits per heavy atom. The average molecular weight is 280 g/mol. The van der Waals surface area contributed by atoms with Crippen molar-refractivity contribution in [1.82, 2.24) is 4.90 Å². The molecule has 2 fully saturated rings. The summed E-state index contributed by atoms with van der Waals surface area (Å²) in [6.45, 7) is 8.42. The molecule has 118 valence electrons. The summed E-state index contributed by atoms with van der Waals surface area (Å²) in [5.74, 6) is 1.56. The van der Waals surface area contributed by atoms with Crippen molar-refractivity contribution in [3.8, 4) is 0 Å². The molecule has 2 nitrogen and oxygen atoms in total. The normalized spacial score (nSPS) is 33.6. The Balaban J connectivity index is 1.89. The summed E-state index contributed by atoms with van der Waals surface area (Å²) in [4.78, 5) is 2.63. The van der Waals surface area contributed by atoms with Crippen LogP contribution in [0.3, 0.4) is 0 Å². The van der Waals surface area contributed by atoms with Gasteiger partial charge >= 0.3 is 0 Å². The number of nitrogens with two attached hydrogens (primary N) is 1. The summed E-state index contributed by atoms with van der Waals surface area (Å²) in [5, 5.41) is 0. The number of hydrogen-bond acceptors (Lipinski definition) is 2. The zero-order valence-electron chi connectivity index (χ0n) is 14.2. The molecule has 0 aromatic rings. The van der Waals surface area contributed by atoms with Crippen LogP contribution in [0.5, 0.6) is 0 Å². The highest BCUT2D eigenvalue weighted by molar-refractivity contribution is 4.89. The highest BCUT2D eigenvalue weighted by atomic mass is 15.1. The van der Waals surface area contributed by atoms with E-state index in [0.717, 1.165) is 12.0 Å². The first-order valence-electron chi connectivity index (χ1n) is 8.83. The van der Waals surface area contributed by atoms with Crippen LogP contribution >= 0.6 is 0 Å². The molecule has 0 heterocycles. The largest absolute Gasteiger partial charge is 0.327 e. The van der Waals surface area contributed by atoms with Crippen molar-refractivity contribution >= 4 is 0 Å². The van der Waals surface area contributed by atoms with Crippen LogP contribution in [-0.4, -0.2) is 30.6 Å². The van der Waals surface area contributed by atoms with E-state index in [-0.39, 0.29) is 0 Å². The van der Waals surface area contributed by atoms with Crippen molar-refractivity contribution in [2.24, 2.45) is 23.0 Å². The van der Waals surface area contributed by atoms with Gasteiger partial charge in [-0.25, -0.2) is 0 Å².